The van der Waals surface area contributed by atoms with Crippen LogP contribution in [0.3, 0.4) is 0 Å². The molecule has 2 heteroatoms. The van der Waals surface area contributed by atoms with Crippen molar-refractivity contribution in [3.63, 3.8) is 0 Å². The Bertz CT molecular complexity index is 221. The molecule has 0 amide bonds. The first-order valence-corrected chi connectivity index (χ1v) is 7.70. The molecular weight excluding hydrogens is 228 g/mol. The Morgan fingerprint density at radius 3 is 2.29 bits per heavy atom. The second-order valence-corrected chi connectivity index (χ2v) is 7.33. The van der Waals surface area contributed by atoms with Gasteiger partial charge in [0, 0.05) is 0 Å². The van der Waals surface area contributed by atoms with Crippen molar-refractivity contribution in [3.8, 4) is 0 Å². The SMILES string of the molecule is CC1CCC(OCC(CS)C(C)(C)C)CC1C. The van der Waals surface area contributed by atoms with E-state index in [0.29, 0.717) is 17.4 Å². The largest absolute Gasteiger partial charge is 0.378 e. The van der Waals surface area contributed by atoms with Gasteiger partial charge < -0.3 is 4.74 Å². The van der Waals surface area contributed by atoms with Gasteiger partial charge in [-0.2, -0.15) is 12.6 Å². The van der Waals surface area contributed by atoms with Crippen molar-refractivity contribution in [1.82, 2.24) is 0 Å². The smallest absolute Gasteiger partial charge is 0.0578 e. The van der Waals surface area contributed by atoms with E-state index in [0.717, 1.165) is 24.2 Å². The summed E-state index contributed by atoms with van der Waals surface area (Å²) in [7, 11) is 0. The lowest BCUT2D eigenvalue weighted by Gasteiger charge is -2.35. The van der Waals surface area contributed by atoms with Crippen LogP contribution in [0.1, 0.15) is 53.9 Å². The molecule has 1 saturated carbocycles. The average molecular weight is 258 g/mol. The molecule has 1 aliphatic carbocycles. The molecule has 1 nitrogen and oxygen atoms in total. The summed E-state index contributed by atoms with van der Waals surface area (Å²) in [6.45, 7) is 12.4. The fourth-order valence-electron chi connectivity index (χ4n) is 2.48. The molecule has 4 atom stereocenters. The zero-order valence-electron chi connectivity index (χ0n) is 12.2. The van der Waals surface area contributed by atoms with Gasteiger partial charge >= 0.3 is 0 Å². The zero-order valence-corrected chi connectivity index (χ0v) is 13.1. The monoisotopic (exact) mass is 258 g/mol. The maximum absolute atomic E-state index is 6.13. The molecule has 0 radical (unpaired) electrons. The van der Waals surface area contributed by atoms with E-state index in [4.69, 9.17) is 4.74 Å². The standard InChI is InChI=1S/C15H30OS/c1-11-6-7-14(8-12(11)2)16-9-13(10-17)15(3,4)5/h11-14,17H,6-10H2,1-5H3. The molecule has 1 rings (SSSR count). The molecule has 0 aliphatic heterocycles. The van der Waals surface area contributed by atoms with Crippen molar-refractivity contribution in [2.24, 2.45) is 23.2 Å². The van der Waals surface area contributed by atoms with E-state index in [9.17, 15) is 0 Å². The molecule has 0 heterocycles. The molecule has 0 aromatic carbocycles. The molecule has 1 fully saturated rings. The van der Waals surface area contributed by atoms with Gasteiger partial charge in [-0.1, -0.05) is 34.6 Å². The summed E-state index contributed by atoms with van der Waals surface area (Å²) in [5.74, 6) is 3.17. The highest BCUT2D eigenvalue weighted by Gasteiger charge is 2.28. The fourth-order valence-corrected chi connectivity index (χ4v) is 3.13. The molecule has 0 aromatic heterocycles. The predicted octanol–water partition coefficient (Wildman–Crippen LogP) is 4.42. The quantitative estimate of drug-likeness (QED) is 0.734. The normalized spacial score (nSPS) is 32.5. The van der Waals surface area contributed by atoms with Gasteiger partial charge in [-0.25, -0.2) is 0 Å². The number of rotatable bonds is 4. The van der Waals surface area contributed by atoms with Crippen LogP contribution in [0.2, 0.25) is 0 Å². The highest BCUT2D eigenvalue weighted by atomic mass is 32.1. The molecule has 1 aliphatic rings. The summed E-state index contributed by atoms with van der Waals surface area (Å²) in [5, 5.41) is 0. The Morgan fingerprint density at radius 2 is 1.82 bits per heavy atom. The number of hydrogen-bond acceptors (Lipinski definition) is 2. The van der Waals surface area contributed by atoms with Crippen molar-refractivity contribution < 1.29 is 4.74 Å². The second-order valence-electron chi connectivity index (χ2n) is 6.97. The molecule has 0 spiro atoms. The van der Waals surface area contributed by atoms with E-state index in [2.05, 4.69) is 47.2 Å². The lowest BCUT2D eigenvalue weighted by Crippen LogP contribution is -2.32. The van der Waals surface area contributed by atoms with Crippen molar-refractivity contribution >= 4 is 12.6 Å². The number of hydrogen-bond donors (Lipinski definition) is 1. The first kappa shape index (κ1) is 15.4. The summed E-state index contributed by atoms with van der Waals surface area (Å²) in [6.07, 6.45) is 4.30. The van der Waals surface area contributed by atoms with Crippen molar-refractivity contribution in [3.05, 3.63) is 0 Å². The van der Waals surface area contributed by atoms with E-state index < -0.39 is 0 Å². The van der Waals surface area contributed by atoms with Crippen LogP contribution in [0, 0.1) is 23.2 Å². The summed E-state index contributed by atoms with van der Waals surface area (Å²) in [4.78, 5) is 0. The Labute approximate surface area is 113 Å². The van der Waals surface area contributed by atoms with E-state index in [-0.39, 0.29) is 0 Å². The van der Waals surface area contributed by atoms with Crippen LogP contribution in [0.4, 0.5) is 0 Å². The third-order valence-electron chi connectivity index (χ3n) is 4.53. The molecule has 0 saturated heterocycles. The average Bonchev–Trinajstić information content (AvgIpc) is 2.22. The Balaban J connectivity index is 2.35. The van der Waals surface area contributed by atoms with Gasteiger partial charge in [-0.05, 0) is 48.2 Å². The van der Waals surface area contributed by atoms with E-state index in [1.807, 2.05) is 0 Å². The van der Waals surface area contributed by atoms with Crippen molar-refractivity contribution in [1.29, 1.82) is 0 Å². The van der Waals surface area contributed by atoms with Gasteiger partial charge in [-0.15, -0.1) is 0 Å². The molecule has 4 unspecified atom stereocenters. The molecular formula is C15H30OS. The minimum Gasteiger partial charge on any atom is -0.378 e. The minimum absolute atomic E-state index is 0.301. The van der Waals surface area contributed by atoms with Gasteiger partial charge in [0.1, 0.15) is 0 Å². The highest BCUT2D eigenvalue weighted by molar-refractivity contribution is 7.80. The van der Waals surface area contributed by atoms with E-state index >= 15 is 0 Å². The van der Waals surface area contributed by atoms with Gasteiger partial charge in [0.15, 0.2) is 0 Å². The van der Waals surface area contributed by atoms with Crippen LogP contribution in [0.25, 0.3) is 0 Å². The topological polar surface area (TPSA) is 9.23 Å². The lowest BCUT2D eigenvalue weighted by molar-refractivity contribution is -0.0267. The maximum atomic E-state index is 6.13. The molecule has 0 bridgehead atoms. The van der Waals surface area contributed by atoms with Crippen LogP contribution < -0.4 is 0 Å². The molecule has 17 heavy (non-hydrogen) atoms. The van der Waals surface area contributed by atoms with Crippen LogP contribution in [0.5, 0.6) is 0 Å². The van der Waals surface area contributed by atoms with Crippen LogP contribution in [-0.2, 0) is 4.74 Å². The summed E-state index contributed by atoms with van der Waals surface area (Å²) in [5.41, 5.74) is 0.301. The van der Waals surface area contributed by atoms with Gasteiger partial charge in [0.05, 0.1) is 12.7 Å². The Hall–Kier alpha value is 0.310. The number of thiol groups is 1. The van der Waals surface area contributed by atoms with Crippen LogP contribution >= 0.6 is 12.6 Å². The second kappa shape index (κ2) is 6.47. The maximum Gasteiger partial charge on any atom is 0.0578 e. The van der Waals surface area contributed by atoms with Crippen molar-refractivity contribution in [2.45, 2.75) is 60.0 Å². The summed E-state index contributed by atoms with van der Waals surface area (Å²) < 4.78 is 6.13. The van der Waals surface area contributed by atoms with Crippen molar-refractivity contribution in [2.75, 3.05) is 12.4 Å². The third-order valence-corrected chi connectivity index (χ3v) is 4.97. The minimum atomic E-state index is 0.301. The first-order valence-electron chi connectivity index (χ1n) is 7.07. The van der Waals surface area contributed by atoms with Crippen LogP contribution in [0.15, 0.2) is 0 Å². The molecule has 0 aromatic rings. The van der Waals surface area contributed by atoms with Gasteiger partial charge in [0.25, 0.3) is 0 Å². The lowest BCUT2D eigenvalue weighted by atomic mass is 9.80. The summed E-state index contributed by atoms with van der Waals surface area (Å²) in [6, 6.07) is 0. The Kier molecular flexibility index (Phi) is 5.85. The summed E-state index contributed by atoms with van der Waals surface area (Å²) >= 11 is 4.46. The third kappa shape index (κ3) is 4.82. The fraction of sp³-hybridized carbons (Fsp3) is 1.00. The Morgan fingerprint density at radius 1 is 1.18 bits per heavy atom. The molecule has 0 N–H and O–H groups in total. The van der Waals surface area contributed by atoms with E-state index in [1.54, 1.807) is 0 Å². The predicted molar refractivity (Wildman–Crippen MR) is 78.7 cm³/mol. The van der Waals surface area contributed by atoms with Gasteiger partial charge in [-0.3, -0.25) is 0 Å². The van der Waals surface area contributed by atoms with E-state index in [1.165, 1.54) is 19.3 Å². The molecule has 102 valence electrons. The van der Waals surface area contributed by atoms with Crippen LogP contribution in [-0.4, -0.2) is 18.5 Å². The number of ether oxygens (including phenoxy) is 1. The first-order chi connectivity index (χ1) is 7.84. The zero-order chi connectivity index (χ0) is 13.1. The van der Waals surface area contributed by atoms with Gasteiger partial charge in [0.2, 0.25) is 0 Å². The highest BCUT2D eigenvalue weighted by Crippen LogP contribution is 2.33.